The van der Waals surface area contributed by atoms with Crippen molar-refractivity contribution < 1.29 is 19.1 Å². The van der Waals surface area contributed by atoms with Gasteiger partial charge in [-0.1, -0.05) is 97.1 Å². The second-order valence-electron chi connectivity index (χ2n) is 13.7. The molecule has 3 aromatic carbocycles. The molecule has 1 atom stereocenters. The fraction of sp³-hybridized carbons (Fsp3) is 0.275. The normalized spacial score (nSPS) is 12.4. The number of carbonyl (C=O) groups excluding carboxylic acids is 2. The lowest BCUT2D eigenvalue weighted by Gasteiger charge is -2.37. The number of nitrogens with zero attached hydrogens (tertiary/aromatic N) is 5. The highest BCUT2D eigenvalue weighted by Gasteiger charge is 2.39. The third-order valence-electron chi connectivity index (χ3n) is 7.71. The molecule has 0 saturated carbocycles. The Kier molecular flexibility index (Phi) is 9.99. The number of imide groups is 1. The van der Waals surface area contributed by atoms with Crippen LogP contribution in [0.15, 0.2) is 122 Å². The fourth-order valence-electron chi connectivity index (χ4n) is 5.69. The average Bonchev–Trinajstić information content (AvgIpc) is 3.55. The van der Waals surface area contributed by atoms with Crippen molar-refractivity contribution in [1.82, 2.24) is 14.5 Å². The van der Waals surface area contributed by atoms with Gasteiger partial charge in [-0.2, -0.15) is 10.2 Å². The molecule has 0 spiro atoms. The molecule has 0 aliphatic carbocycles. The Morgan fingerprint density at radius 1 is 0.735 bits per heavy atom. The first-order chi connectivity index (χ1) is 23.3. The molecule has 0 bridgehead atoms. The molecule has 9 heteroatoms. The van der Waals surface area contributed by atoms with Gasteiger partial charge in [-0.05, 0) is 76.3 Å². The van der Waals surface area contributed by atoms with E-state index in [9.17, 15) is 14.9 Å². The highest BCUT2D eigenvalue weighted by molar-refractivity contribution is 6.08. The van der Waals surface area contributed by atoms with E-state index in [0.717, 1.165) is 27.2 Å². The zero-order chi connectivity index (χ0) is 35.2. The Labute approximate surface area is 287 Å². The van der Waals surface area contributed by atoms with Gasteiger partial charge in [0.1, 0.15) is 22.6 Å². The van der Waals surface area contributed by atoms with Gasteiger partial charge in [-0.25, -0.2) is 19.6 Å². The van der Waals surface area contributed by atoms with Crippen molar-refractivity contribution in [2.24, 2.45) is 0 Å². The minimum absolute atomic E-state index is 0.0448. The van der Waals surface area contributed by atoms with Crippen LogP contribution in [0, 0.1) is 11.3 Å². The molecule has 2 heterocycles. The van der Waals surface area contributed by atoms with Crippen LogP contribution in [-0.2, 0) is 21.4 Å². The average molecular weight is 656 g/mol. The molecular formula is C40H41N5O4. The van der Waals surface area contributed by atoms with Crippen molar-refractivity contribution in [2.75, 3.05) is 4.90 Å². The Bertz CT molecular complexity index is 1780. The summed E-state index contributed by atoms with van der Waals surface area (Å²) in [6, 6.07) is 36.4. The number of imidazole rings is 1. The third kappa shape index (κ3) is 7.87. The highest BCUT2D eigenvalue weighted by Crippen LogP contribution is 2.41. The number of pyridine rings is 1. The molecule has 0 saturated heterocycles. The molecule has 250 valence electrons. The lowest BCUT2D eigenvalue weighted by molar-refractivity contribution is 0.0429. The zero-order valence-corrected chi connectivity index (χ0v) is 28.7. The van der Waals surface area contributed by atoms with E-state index < -0.39 is 34.8 Å². The van der Waals surface area contributed by atoms with Crippen LogP contribution in [0.3, 0.4) is 0 Å². The molecule has 1 unspecified atom stereocenters. The molecule has 0 N–H and O–H groups in total. The van der Waals surface area contributed by atoms with Gasteiger partial charge in [0.15, 0.2) is 0 Å². The van der Waals surface area contributed by atoms with Gasteiger partial charge in [-0.15, -0.1) is 0 Å². The first kappa shape index (κ1) is 34.6. The maximum absolute atomic E-state index is 13.1. The maximum Gasteiger partial charge on any atom is 0.425 e. The van der Waals surface area contributed by atoms with Gasteiger partial charge in [0.2, 0.25) is 0 Å². The molecule has 5 aromatic rings. The van der Waals surface area contributed by atoms with Crippen molar-refractivity contribution >= 4 is 18.0 Å². The van der Waals surface area contributed by atoms with Crippen LogP contribution >= 0.6 is 0 Å². The summed E-state index contributed by atoms with van der Waals surface area (Å²) in [5.74, 6) is -0.565. The van der Waals surface area contributed by atoms with Crippen LogP contribution < -0.4 is 4.90 Å². The molecule has 0 aliphatic rings. The second-order valence-corrected chi connectivity index (χ2v) is 13.7. The summed E-state index contributed by atoms with van der Waals surface area (Å²) in [5, 5.41) is 10.4. The number of nitriles is 1. The third-order valence-corrected chi connectivity index (χ3v) is 7.71. The van der Waals surface area contributed by atoms with Gasteiger partial charge in [-0.3, -0.25) is 0 Å². The molecule has 49 heavy (non-hydrogen) atoms. The number of hydrogen-bond acceptors (Lipinski definition) is 7. The SMILES string of the molecule is CC(C)(C)OC(=O)N(C(=O)OC(C)(C)C)c1ccc(CC(C#N)c2cn(C(c3ccccc3)(c3ccccc3)c3ccccc3)cn2)cn1. The zero-order valence-electron chi connectivity index (χ0n) is 28.7. The molecule has 2 aromatic heterocycles. The maximum atomic E-state index is 13.1. The van der Waals surface area contributed by atoms with Crippen LogP contribution in [0.2, 0.25) is 0 Å². The Morgan fingerprint density at radius 2 is 1.20 bits per heavy atom. The number of anilines is 1. The van der Waals surface area contributed by atoms with E-state index in [1.54, 1.807) is 66.2 Å². The summed E-state index contributed by atoms with van der Waals surface area (Å²) in [7, 11) is 0. The molecular weight excluding hydrogens is 614 g/mol. The lowest BCUT2D eigenvalue weighted by atomic mass is 9.76. The number of amides is 2. The topological polar surface area (TPSA) is 110 Å². The largest absolute Gasteiger partial charge is 0.443 e. The molecule has 5 rings (SSSR count). The Balaban J connectivity index is 1.49. The van der Waals surface area contributed by atoms with E-state index in [2.05, 4.69) is 52.0 Å². The summed E-state index contributed by atoms with van der Waals surface area (Å²) in [6.07, 6.45) is 3.76. The number of ether oxygens (including phenoxy) is 2. The van der Waals surface area contributed by atoms with Crippen molar-refractivity contribution in [2.45, 2.75) is 70.6 Å². The second kappa shape index (κ2) is 14.2. The van der Waals surface area contributed by atoms with Crippen LogP contribution in [0.25, 0.3) is 0 Å². The van der Waals surface area contributed by atoms with Gasteiger partial charge in [0.05, 0.1) is 24.0 Å². The van der Waals surface area contributed by atoms with Crippen LogP contribution in [0.1, 0.15) is 75.4 Å². The van der Waals surface area contributed by atoms with E-state index in [-0.39, 0.29) is 5.82 Å². The van der Waals surface area contributed by atoms with Gasteiger partial charge in [0, 0.05) is 12.4 Å². The molecule has 9 nitrogen and oxygen atoms in total. The van der Waals surface area contributed by atoms with E-state index in [1.165, 1.54) is 0 Å². The monoisotopic (exact) mass is 655 g/mol. The predicted octanol–water partition coefficient (Wildman–Crippen LogP) is 8.64. The minimum atomic E-state index is -0.902. The fourth-order valence-corrected chi connectivity index (χ4v) is 5.69. The van der Waals surface area contributed by atoms with Crippen molar-refractivity contribution in [3.05, 3.63) is 150 Å². The Morgan fingerprint density at radius 3 is 1.59 bits per heavy atom. The minimum Gasteiger partial charge on any atom is -0.443 e. The van der Waals surface area contributed by atoms with Gasteiger partial charge in [0.25, 0.3) is 0 Å². The standard InChI is InChI=1S/C40H41N5O4/c1-38(2,3)48-36(46)45(37(47)49-39(4,5)6)35-23-22-29(26-42-35)24-30(25-41)34-27-44(28-43-34)40(31-16-10-7-11-17-31,32-18-12-8-13-19-32)33-20-14-9-15-21-33/h7-23,26-28,30H,24H2,1-6H3. The lowest BCUT2D eigenvalue weighted by Crippen LogP contribution is -2.44. The van der Waals surface area contributed by atoms with E-state index in [4.69, 9.17) is 14.5 Å². The number of carbonyl (C=O) groups is 2. The smallest absolute Gasteiger partial charge is 0.425 e. The summed E-state index contributed by atoms with van der Waals surface area (Å²) in [6.45, 7) is 10.3. The quantitative estimate of drug-likeness (QED) is 0.154. The van der Waals surface area contributed by atoms with E-state index >= 15 is 0 Å². The first-order valence-electron chi connectivity index (χ1n) is 16.1. The summed E-state index contributed by atoms with van der Waals surface area (Å²) >= 11 is 0. The molecule has 0 radical (unpaired) electrons. The van der Waals surface area contributed by atoms with E-state index in [0.29, 0.717) is 12.1 Å². The molecule has 0 aliphatic heterocycles. The van der Waals surface area contributed by atoms with Gasteiger partial charge >= 0.3 is 12.2 Å². The van der Waals surface area contributed by atoms with Gasteiger partial charge < -0.3 is 14.0 Å². The highest BCUT2D eigenvalue weighted by atomic mass is 16.6. The number of aromatic nitrogens is 3. The molecule has 0 fully saturated rings. The van der Waals surface area contributed by atoms with Crippen LogP contribution in [0.5, 0.6) is 0 Å². The molecule has 2 amide bonds. The van der Waals surface area contributed by atoms with Crippen molar-refractivity contribution in [3.8, 4) is 6.07 Å². The summed E-state index contributed by atoms with van der Waals surface area (Å²) in [5.41, 5.74) is 2.00. The predicted molar refractivity (Wildman–Crippen MR) is 188 cm³/mol. The van der Waals surface area contributed by atoms with Crippen molar-refractivity contribution in [1.29, 1.82) is 5.26 Å². The first-order valence-corrected chi connectivity index (χ1v) is 16.1. The van der Waals surface area contributed by atoms with Crippen LogP contribution in [0.4, 0.5) is 15.4 Å². The summed E-state index contributed by atoms with van der Waals surface area (Å²) in [4.78, 5) is 36.1. The van der Waals surface area contributed by atoms with Crippen LogP contribution in [-0.4, -0.2) is 37.9 Å². The Hall–Kier alpha value is -5.75. The number of hydrogen-bond donors (Lipinski definition) is 0. The van der Waals surface area contributed by atoms with E-state index in [1.807, 2.05) is 60.8 Å². The van der Waals surface area contributed by atoms with Crippen molar-refractivity contribution in [3.63, 3.8) is 0 Å². The number of benzene rings is 3. The number of rotatable bonds is 8. The summed E-state index contributed by atoms with van der Waals surface area (Å²) < 4.78 is 13.0.